The Kier molecular flexibility index (Phi) is 4.24. The lowest BCUT2D eigenvalue weighted by Crippen LogP contribution is -2.47. The number of piperidine rings is 1. The van der Waals surface area contributed by atoms with Gasteiger partial charge in [-0.1, -0.05) is 18.2 Å². The minimum Gasteiger partial charge on any atom is -0.354 e. The predicted molar refractivity (Wildman–Crippen MR) is 97.1 cm³/mol. The van der Waals surface area contributed by atoms with Gasteiger partial charge in [-0.2, -0.15) is 0 Å². The van der Waals surface area contributed by atoms with E-state index in [1.165, 1.54) is 16.6 Å². The number of carbonyl (C=O) groups is 2. The van der Waals surface area contributed by atoms with E-state index in [2.05, 4.69) is 35.0 Å². The lowest BCUT2D eigenvalue weighted by atomic mass is 9.96. The molecule has 1 saturated carbocycles. The van der Waals surface area contributed by atoms with Crippen LogP contribution in [0.1, 0.15) is 31.4 Å². The van der Waals surface area contributed by atoms with Crippen LogP contribution >= 0.6 is 0 Å². The lowest BCUT2D eigenvalue weighted by molar-refractivity contribution is -0.138. The molecule has 2 amide bonds. The number of benzene rings is 1. The van der Waals surface area contributed by atoms with Gasteiger partial charge in [0.1, 0.15) is 0 Å². The van der Waals surface area contributed by atoms with Gasteiger partial charge in [0.25, 0.3) is 0 Å². The number of carbonyl (C=O) groups excluding carboxylic acids is 2. The van der Waals surface area contributed by atoms with Crippen molar-refractivity contribution in [2.45, 2.75) is 45.2 Å². The van der Waals surface area contributed by atoms with Crippen LogP contribution < -0.4 is 5.32 Å². The number of hydrogen-bond acceptors (Lipinski definition) is 2. The number of para-hydroxylation sites is 1. The first-order valence-electron chi connectivity index (χ1n) is 9.25. The van der Waals surface area contributed by atoms with Crippen LogP contribution in [0.5, 0.6) is 0 Å². The molecule has 25 heavy (non-hydrogen) atoms. The minimum atomic E-state index is -0.0548. The molecule has 0 radical (unpaired) electrons. The second-order valence-corrected chi connectivity index (χ2v) is 7.30. The first kappa shape index (κ1) is 16.2. The lowest BCUT2D eigenvalue weighted by Gasteiger charge is -2.32. The Labute approximate surface area is 148 Å². The zero-order valence-corrected chi connectivity index (χ0v) is 14.7. The van der Waals surface area contributed by atoms with Crippen molar-refractivity contribution in [1.82, 2.24) is 14.8 Å². The molecule has 1 aliphatic carbocycles. The molecule has 1 aliphatic heterocycles. The number of fused-ring (bicyclic) bond motifs is 1. The topological polar surface area (TPSA) is 54.3 Å². The van der Waals surface area contributed by atoms with Crippen LogP contribution in [0.3, 0.4) is 0 Å². The zero-order chi connectivity index (χ0) is 17.4. The summed E-state index contributed by atoms with van der Waals surface area (Å²) in [7, 11) is 0. The minimum absolute atomic E-state index is 0.0548. The first-order valence-corrected chi connectivity index (χ1v) is 9.25. The Morgan fingerprint density at radius 1 is 1.24 bits per heavy atom. The van der Waals surface area contributed by atoms with Crippen LogP contribution in [0.2, 0.25) is 0 Å². The Morgan fingerprint density at radius 2 is 2.04 bits per heavy atom. The molecule has 0 spiro atoms. The quantitative estimate of drug-likeness (QED) is 0.910. The van der Waals surface area contributed by atoms with E-state index >= 15 is 0 Å². The fourth-order valence-electron chi connectivity index (χ4n) is 3.91. The highest BCUT2D eigenvalue weighted by molar-refractivity contribution is 5.84. The number of rotatable bonds is 5. The molecule has 5 nitrogen and oxygen atoms in total. The highest BCUT2D eigenvalue weighted by Gasteiger charge is 2.38. The normalized spacial score (nSPS) is 20.9. The van der Waals surface area contributed by atoms with Gasteiger partial charge in [0.05, 0.1) is 5.92 Å². The van der Waals surface area contributed by atoms with Gasteiger partial charge in [0.2, 0.25) is 11.8 Å². The van der Waals surface area contributed by atoms with Crippen molar-refractivity contribution >= 4 is 22.7 Å². The molecule has 0 bridgehead atoms. The van der Waals surface area contributed by atoms with Gasteiger partial charge in [-0.25, -0.2) is 0 Å². The Hall–Kier alpha value is -2.30. The molecule has 2 fully saturated rings. The van der Waals surface area contributed by atoms with Crippen LogP contribution in [0.4, 0.5) is 0 Å². The molecule has 2 heterocycles. The molecule has 132 valence electrons. The number of aryl methyl sites for hydroxylation is 1. The van der Waals surface area contributed by atoms with Crippen LogP contribution in [0.15, 0.2) is 30.3 Å². The molecular formula is C20H25N3O2. The zero-order valence-electron chi connectivity index (χ0n) is 14.7. The second kappa shape index (κ2) is 6.54. The molecule has 4 rings (SSSR count). The van der Waals surface area contributed by atoms with E-state index < -0.39 is 0 Å². The molecule has 1 saturated heterocycles. The van der Waals surface area contributed by atoms with E-state index in [4.69, 9.17) is 0 Å². The monoisotopic (exact) mass is 339 g/mol. The first-order chi connectivity index (χ1) is 12.1. The standard InChI is InChI=1S/C20H25N3O2/c1-14-12-15-4-2-3-5-18(15)22(14)11-10-21-20(25)16-6-9-19(24)23(13-16)17-7-8-17/h2-5,12,16-17H,6-11,13H2,1H3,(H,21,25). The van der Waals surface area contributed by atoms with Crippen molar-refractivity contribution in [3.63, 3.8) is 0 Å². The summed E-state index contributed by atoms with van der Waals surface area (Å²) in [6.07, 6.45) is 3.38. The third kappa shape index (κ3) is 3.28. The fraction of sp³-hybridized carbons (Fsp3) is 0.500. The molecule has 1 aromatic carbocycles. The van der Waals surface area contributed by atoms with Gasteiger partial charge in [0.15, 0.2) is 0 Å². The van der Waals surface area contributed by atoms with Gasteiger partial charge in [-0.3, -0.25) is 9.59 Å². The summed E-state index contributed by atoms with van der Waals surface area (Å²) in [5, 5.41) is 4.31. The fourth-order valence-corrected chi connectivity index (χ4v) is 3.91. The Balaban J connectivity index is 1.34. The van der Waals surface area contributed by atoms with E-state index in [0.717, 1.165) is 19.4 Å². The van der Waals surface area contributed by atoms with Crippen molar-refractivity contribution in [3.05, 3.63) is 36.0 Å². The van der Waals surface area contributed by atoms with Gasteiger partial charge in [-0.15, -0.1) is 0 Å². The summed E-state index contributed by atoms with van der Waals surface area (Å²) in [4.78, 5) is 26.4. The summed E-state index contributed by atoms with van der Waals surface area (Å²) in [6, 6.07) is 10.9. The summed E-state index contributed by atoms with van der Waals surface area (Å²) in [5.41, 5.74) is 2.41. The number of amides is 2. The highest BCUT2D eigenvalue weighted by Crippen LogP contribution is 2.31. The SMILES string of the molecule is Cc1cc2ccccc2n1CCNC(=O)C1CCC(=O)N(C2CC2)C1. The van der Waals surface area contributed by atoms with Crippen LogP contribution in [-0.4, -0.2) is 40.4 Å². The maximum Gasteiger partial charge on any atom is 0.224 e. The van der Waals surface area contributed by atoms with Crippen LogP contribution in [-0.2, 0) is 16.1 Å². The molecule has 1 atom stereocenters. The van der Waals surface area contributed by atoms with Crippen molar-refractivity contribution in [2.75, 3.05) is 13.1 Å². The average Bonchev–Trinajstić information content (AvgIpc) is 3.40. The highest BCUT2D eigenvalue weighted by atomic mass is 16.2. The number of hydrogen-bond donors (Lipinski definition) is 1. The van der Waals surface area contributed by atoms with Crippen molar-refractivity contribution < 1.29 is 9.59 Å². The molecule has 1 unspecified atom stereocenters. The van der Waals surface area contributed by atoms with E-state index in [1.54, 1.807) is 0 Å². The van der Waals surface area contributed by atoms with E-state index in [-0.39, 0.29) is 17.7 Å². The smallest absolute Gasteiger partial charge is 0.224 e. The Bertz CT molecular complexity index is 806. The second-order valence-electron chi connectivity index (χ2n) is 7.30. The van der Waals surface area contributed by atoms with Gasteiger partial charge in [-0.05, 0) is 43.7 Å². The van der Waals surface area contributed by atoms with Crippen molar-refractivity contribution in [1.29, 1.82) is 0 Å². The van der Waals surface area contributed by atoms with Gasteiger partial charge in [0, 0.05) is 43.3 Å². The maximum atomic E-state index is 12.5. The van der Waals surface area contributed by atoms with Crippen LogP contribution in [0.25, 0.3) is 10.9 Å². The largest absolute Gasteiger partial charge is 0.354 e. The number of nitrogens with zero attached hydrogens (tertiary/aromatic N) is 2. The Morgan fingerprint density at radius 3 is 2.84 bits per heavy atom. The number of likely N-dealkylation sites (tertiary alicyclic amines) is 1. The summed E-state index contributed by atoms with van der Waals surface area (Å²) >= 11 is 0. The molecule has 1 aromatic heterocycles. The predicted octanol–water partition coefficient (Wildman–Crippen LogP) is 2.47. The molecule has 2 aromatic rings. The van der Waals surface area contributed by atoms with Crippen molar-refractivity contribution in [2.24, 2.45) is 5.92 Å². The van der Waals surface area contributed by atoms with E-state index in [0.29, 0.717) is 32.0 Å². The summed E-state index contributed by atoms with van der Waals surface area (Å²) < 4.78 is 2.25. The molecular weight excluding hydrogens is 314 g/mol. The average molecular weight is 339 g/mol. The third-order valence-electron chi connectivity index (χ3n) is 5.45. The number of aromatic nitrogens is 1. The molecule has 2 aliphatic rings. The summed E-state index contributed by atoms with van der Waals surface area (Å²) in [5.74, 6) is 0.258. The van der Waals surface area contributed by atoms with E-state index in [1.807, 2.05) is 17.0 Å². The third-order valence-corrected chi connectivity index (χ3v) is 5.45. The van der Waals surface area contributed by atoms with Gasteiger partial charge < -0.3 is 14.8 Å². The number of nitrogens with one attached hydrogen (secondary N) is 1. The van der Waals surface area contributed by atoms with E-state index in [9.17, 15) is 9.59 Å². The van der Waals surface area contributed by atoms with Crippen LogP contribution in [0, 0.1) is 12.8 Å². The maximum absolute atomic E-state index is 12.5. The molecule has 5 heteroatoms. The molecule has 1 N–H and O–H groups in total. The summed E-state index contributed by atoms with van der Waals surface area (Å²) in [6.45, 7) is 4.08. The van der Waals surface area contributed by atoms with Gasteiger partial charge >= 0.3 is 0 Å². The van der Waals surface area contributed by atoms with Crippen molar-refractivity contribution in [3.8, 4) is 0 Å².